The van der Waals surface area contributed by atoms with Crippen molar-refractivity contribution in [1.82, 2.24) is 14.5 Å². The molecule has 0 unspecified atom stereocenters. The maximum atomic E-state index is 13.8. The fourth-order valence-electron chi connectivity index (χ4n) is 3.28. The van der Waals surface area contributed by atoms with Crippen molar-refractivity contribution in [3.63, 3.8) is 0 Å². The standard InChI is InChI=1S/C16H16BrFIN3O/c17-11-7-10-14(8-12(11)18)23-6-5-22-13(15(19)20-16(10)22)9-21-3-1-2-4-21/h7-8H,1-6,9H2. The Morgan fingerprint density at radius 2 is 2.04 bits per heavy atom. The van der Waals surface area contributed by atoms with Gasteiger partial charge in [-0.25, -0.2) is 9.37 Å². The van der Waals surface area contributed by atoms with Gasteiger partial charge in [-0.05, 0) is 70.5 Å². The summed E-state index contributed by atoms with van der Waals surface area (Å²) in [5.41, 5.74) is 2.08. The molecule has 0 N–H and O–H groups in total. The highest BCUT2D eigenvalue weighted by molar-refractivity contribution is 14.1. The normalized spacial score (nSPS) is 17.5. The Bertz CT molecular complexity index is 758. The Labute approximate surface area is 156 Å². The molecule has 7 heteroatoms. The van der Waals surface area contributed by atoms with Crippen LogP contribution in [0, 0.1) is 9.52 Å². The minimum atomic E-state index is -0.309. The van der Waals surface area contributed by atoms with Crippen molar-refractivity contribution in [2.24, 2.45) is 0 Å². The first-order chi connectivity index (χ1) is 11.1. The van der Waals surface area contributed by atoms with Crippen LogP contribution >= 0.6 is 38.5 Å². The van der Waals surface area contributed by atoms with Crippen LogP contribution in [0.25, 0.3) is 11.4 Å². The summed E-state index contributed by atoms with van der Waals surface area (Å²) in [6, 6.07) is 3.21. The SMILES string of the molecule is Fc1cc2c(cc1Br)-c1nc(I)c(CN3CCCC3)n1CCO2. The maximum absolute atomic E-state index is 13.8. The highest BCUT2D eigenvalue weighted by Crippen LogP contribution is 2.37. The van der Waals surface area contributed by atoms with Gasteiger partial charge in [0.05, 0.1) is 22.3 Å². The molecule has 0 spiro atoms. The molecule has 0 saturated carbocycles. The summed E-state index contributed by atoms with van der Waals surface area (Å²) in [4.78, 5) is 7.24. The number of aromatic nitrogens is 2. The molecule has 1 aromatic heterocycles. The molecular weight excluding hydrogens is 476 g/mol. The third kappa shape index (κ3) is 2.91. The van der Waals surface area contributed by atoms with E-state index < -0.39 is 0 Å². The van der Waals surface area contributed by atoms with Crippen molar-refractivity contribution in [3.8, 4) is 17.1 Å². The molecular formula is C16H16BrFIN3O. The minimum Gasteiger partial charge on any atom is -0.491 e. The molecule has 2 aromatic rings. The van der Waals surface area contributed by atoms with E-state index in [0.717, 1.165) is 41.3 Å². The van der Waals surface area contributed by atoms with Gasteiger partial charge in [0.2, 0.25) is 0 Å². The summed E-state index contributed by atoms with van der Waals surface area (Å²) in [6.45, 7) is 4.49. The summed E-state index contributed by atoms with van der Waals surface area (Å²) < 4.78 is 23.3. The van der Waals surface area contributed by atoms with Crippen LogP contribution in [0.15, 0.2) is 16.6 Å². The quantitative estimate of drug-likeness (QED) is 0.594. The lowest BCUT2D eigenvalue weighted by Gasteiger charge is -2.16. The van der Waals surface area contributed by atoms with Crippen LogP contribution < -0.4 is 4.74 Å². The van der Waals surface area contributed by atoms with E-state index in [4.69, 9.17) is 9.72 Å². The van der Waals surface area contributed by atoms with Gasteiger partial charge in [-0.1, -0.05) is 0 Å². The van der Waals surface area contributed by atoms with Gasteiger partial charge in [0, 0.05) is 12.6 Å². The van der Waals surface area contributed by atoms with Gasteiger partial charge >= 0.3 is 0 Å². The number of hydrogen-bond acceptors (Lipinski definition) is 3. The van der Waals surface area contributed by atoms with Crippen LogP contribution in [0.3, 0.4) is 0 Å². The molecule has 1 saturated heterocycles. The Morgan fingerprint density at radius 3 is 2.83 bits per heavy atom. The van der Waals surface area contributed by atoms with Gasteiger partial charge in [0.25, 0.3) is 0 Å². The lowest BCUT2D eigenvalue weighted by atomic mass is 10.2. The van der Waals surface area contributed by atoms with Gasteiger partial charge in [-0.2, -0.15) is 0 Å². The predicted molar refractivity (Wildman–Crippen MR) is 98.0 cm³/mol. The molecule has 2 aliphatic rings. The number of imidazole rings is 1. The van der Waals surface area contributed by atoms with Gasteiger partial charge in [0.1, 0.15) is 27.7 Å². The molecule has 0 radical (unpaired) electrons. The van der Waals surface area contributed by atoms with Crippen molar-refractivity contribution >= 4 is 38.5 Å². The third-order valence-electron chi connectivity index (χ3n) is 4.43. The molecule has 4 nitrogen and oxygen atoms in total. The number of rotatable bonds is 2. The number of benzene rings is 1. The van der Waals surface area contributed by atoms with E-state index in [0.29, 0.717) is 16.8 Å². The van der Waals surface area contributed by atoms with E-state index in [-0.39, 0.29) is 5.82 Å². The highest BCUT2D eigenvalue weighted by atomic mass is 127. The summed E-state index contributed by atoms with van der Waals surface area (Å²) in [6.07, 6.45) is 2.55. The van der Waals surface area contributed by atoms with E-state index in [9.17, 15) is 4.39 Å². The Kier molecular flexibility index (Phi) is 4.36. The first-order valence-electron chi connectivity index (χ1n) is 7.73. The number of fused-ring (bicyclic) bond motifs is 3. The molecule has 0 bridgehead atoms. The second-order valence-corrected chi connectivity index (χ2v) is 7.79. The van der Waals surface area contributed by atoms with Gasteiger partial charge < -0.3 is 9.30 Å². The predicted octanol–water partition coefficient (Wildman–Crippen LogP) is 4.04. The number of ether oxygens (including phenoxy) is 1. The van der Waals surface area contributed by atoms with E-state index in [1.807, 2.05) is 0 Å². The first-order valence-corrected chi connectivity index (χ1v) is 9.60. The summed E-state index contributed by atoms with van der Waals surface area (Å²) in [5, 5.41) is 0. The van der Waals surface area contributed by atoms with Crippen molar-refractivity contribution in [2.45, 2.75) is 25.9 Å². The number of likely N-dealkylation sites (tertiary alicyclic amines) is 1. The minimum absolute atomic E-state index is 0.309. The zero-order valence-electron chi connectivity index (χ0n) is 12.5. The highest BCUT2D eigenvalue weighted by Gasteiger charge is 2.25. The van der Waals surface area contributed by atoms with Crippen molar-refractivity contribution in [2.75, 3.05) is 19.7 Å². The van der Waals surface area contributed by atoms with E-state index in [2.05, 4.69) is 48.0 Å². The zero-order valence-corrected chi connectivity index (χ0v) is 16.2. The average Bonchev–Trinajstić information content (AvgIpc) is 3.09. The molecule has 0 aliphatic carbocycles. The fraction of sp³-hybridized carbons (Fsp3) is 0.438. The van der Waals surface area contributed by atoms with Crippen molar-refractivity contribution < 1.29 is 9.13 Å². The molecule has 3 heterocycles. The van der Waals surface area contributed by atoms with Crippen molar-refractivity contribution in [3.05, 3.63) is 31.8 Å². The topological polar surface area (TPSA) is 30.3 Å². The molecule has 122 valence electrons. The Morgan fingerprint density at radius 1 is 1.26 bits per heavy atom. The van der Waals surface area contributed by atoms with E-state index >= 15 is 0 Å². The van der Waals surface area contributed by atoms with Crippen LogP contribution in [0.4, 0.5) is 4.39 Å². The molecule has 1 fully saturated rings. The number of nitrogens with zero attached hydrogens (tertiary/aromatic N) is 3. The smallest absolute Gasteiger partial charge is 0.145 e. The molecule has 0 atom stereocenters. The summed E-state index contributed by atoms with van der Waals surface area (Å²) >= 11 is 5.58. The van der Waals surface area contributed by atoms with Crippen LogP contribution in [-0.4, -0.2) is 34.1 Å². The van der Waals surface area contributed by atoms with Gasteiger partial charge in [-0.3, -0.25) is 4.90 Å². The molecule has 0 amide bonds. The number of hydrogen-bond donors (Lipinski definition) is 0. The molecule has 2 aliphatic heterocycles. The van der Waals surface area contributed by atoms with Gasteiger partial charge in [-0.15, -0.1) is 0 Å². The van der Waals surface area contributed by atoms with E-state index in [1.165, 1.54) is 24.6 Å². The second kappa shape index (κ2) is 6.33. The van der Waals surface area contributed by atoms with Crippen LogP contribution in [0.5, 0.6) is 5.75 Å². The lowest BCUT2D eigenvalue weighted by Crippen LogP contribution is -2.22. The first kappa shape index (κ1) is 15.8. The summed E-state index contributed by atoms with van der Waals surface area (Å²) in [7, 11) is 0. The Balaban J connectivity index is 1.79. The lowest BCUT2D eigenvalue weighted by molar-refractivity contribution is 0.291. The van der Waals surface area contributed by atoms with E-state index in [1.54, 1.807) is 6.07 Å². The van der Waals surface area contributed by atoms with Crippen LogP contribution in [-0.2, 0) is 13.1 Å². The largest absolute Gasteiger partial charge is 0.491 e. The van der Waals surface area contributed by atoms with Gasteiger partial charge in [0.15, 0.2) is 0 Å². The Hall–Kier alpha value is -0.670. The second-order valence-electron chi connectivity index (χ2n) is 5.92. The average molecular weight is 492 g/mol. The third-order valence-corrected chi connectivity index (χ3v) is 5.90. The summed E-state index contributed by atoms with van der Waals surface area (Å²) in [5.74, 6) is 1.13. The maximum Gasteiger partial charge on any atom is 0.145 e. The molecule has 23 heavy (non-hydrogen) atoms. The monoisotopic (exact) mass is 491 g/mol. The van der Waals surface area contributed by atoms with Crippen molar-refractivity contribution in [1.29, 1.82) is 0 Å². The number of halogens is 3. The van der Waals surface area contributed by atoms with Crippen LogP contribution in [0.1, 0.15) is 18.5 Å². The molecule has 4 rings (SSSR count). The van der Waals surface area contributed by atoms with Crippen LogP contribution in [0.2, 0.25) is 0 Å². The fourth-order valence-corrected chi connectivity index (χ4v) is 4.31. The molecule has 1 aromatic carbocycles. The zero-order chi connectivity index (χ0) is 16.0.